The molecular formula is C28H35N3O4S2. The number of thiophene rings is 1. The number of amides is 1. The second-order valence-corrected chi connectivity index (χ2v) is 12.6. The number of carbonyl (C=O) groups excluding carboxylic acids is 1. The van der Waals surface area contributed by atoms with E-state index in [1.165, 1.54) is 9.18 Å². The highest BCUT2D eigenvalue weighted by Gasteiger charge is 2.28. The van der Waals surface area contributed by atoms with Crippen molar-refractivity contribution in [3.8, 4) is 0 Å². The van der Waals surface area contributed by atoms with Crippen molar-refractivity contribution in [1.82, 2.24) is 14.1 Å². The largest absolute Gasteiger partial charge is 0.379 e. The van der Waals surface area contributed by atoms with Crippen LogP contribution in [-0.4, -0.2) is 74.4 Å². The van der Waals surface area contributed by atoms with Crippen molar-refractivity contribution in [3.63, 3.8) is 0 Å². The molecule has 7 nitrogen and oxygen atoms in total. The summed E-state index contributed by atoms with van der Waals surface area (Å²) < 4.78 is 33.9. The lowest BCUT2D eigenvalue weighted by molar-refractivity contribution is -0.132. The molecular weight excluding hydrogens is 506 g/mol. The zero-order chi connectivity index (χ0) is 26.1. The van der Waals surface area contributed by atoms with Gasteiger partial charge in [0.25, 0.3) is 0 Å². The summed E-state index contributed by atoms with van der Waals surface area (Å²) in [5.74, 6) is -0.332. The Morgan fingerprint density at radius 3 is 2.19 bits per heavy atom. The van der Waals surface area contributed by atoms with Crippen molar-refractivity contribution >= 4 is 27.3 Å². The number of sulfonamides is 1. The normalized spacial score (nSPS) is 14.6. The fourth-order valence-corrected chi connectivity index (χ4v) is 6.68. The van der Waals surface area contributed by atoms with Gasteiger partial charge in [-0.05, 0) is 30.2 Å². The van der Waals surface area contributed by atoms with Crippen molar-refractivity contribution in [1.29, 1.82) is 0 Å². The van der Waals surface area contributed by atoms with Gasteiger partial charge in [-0.2, -0.15) is 4.31 Å². The minimum absolute atomic E-state index is 0.132. The molecule has 3 aromatic rings. The number of benzene rings is 2. The Hall–Kier alpha value is -2.56. The molecule has 4 rings (SSSR count). The Balaban J connectivity index is 1.53. The van der Waals surface area contributed by atoms with E-state index in [9.17, 15) is 13.2 Å². The fourth-order valence-electron chi connectivity index (χ4n) is 4.32. The molecule has 0 aliphatic carbocycles. The molecule has 2 aromatic carbocycles. The summed E-state index contributed by atoms with van der Waals surface area (Å²) >= 11 is 1.66. The monoisotopic (exact) mass is 541 g/mol. The molecule has 37 heavy (non-hydrogen) atoms. The number of hydrogen-bond acceptors (Lipinski definition) is 6. The van der Waals surface area contributed by atoms with Gasteiger partial charge in [-0.1, -0.05) is 60.7 Å². The number of nitrogens with zero attached hydrogens (tertiary/aromatic N) is 3. The lowest BCUT2D eigenvalue weighted by atomic mass is 10.2. The first kappa shape index (κ1) is 27.5. The fraction of sp³-hybridized carbons (Fsp3) is 0.393. The Morgan fingerprint density at radius 1 is 0.919 bits per heavy atom. The molecule has 0 radical (unpaired) electrons. The molecule has 9 heteroatoms. The molecule has 1 aromatic heterocycles. The van der Waals surface area contributed by atoms with E-state index < -0.39 is 10.0 Å². The average Bonchev–Trinajstić information content (AvgIpc) is 3.32. The van der Waals surface area contributed by atoms with Gasteiger partial charge in [0.15, 0.2) is 0 Å². The van der Waals surface area contributed by atoms with Crippen LogP contribution < -0.4 is 0 Å². The van der Waals surface area contributed by atoms with Crippen LogP contribution in [0, 0.1) is 6.92 Å². The molecule has 1 fully saturated rings. The minimum atomic E-state index is -3.72. The van der Waals surface area contributed by atoms with Gasteiger partial charge in [0.05, 0.1) is 32.1 Å². The van der Waals surface area contributed by atoms with Gasteiger partial charge in [-0.25, -0.2) is 8.42 Å². The van der Waals surface area contributed by atoms with Gasteiger partial charge >= 0.3 is 0 Å². The van der Waals surface area contributed by atoms with E-state index in [0.29, 0.717) is 38.4 Å². The maximum Gasteiger partial charge on any atom is 0.238 e. The molecule has 1 saturated heterocycles. The van der Waals surface area contributed by atoms with Gasteiger partial charge in [0.1, 0.15) is 0 Å². The van der Waals surface area contributed by atoms with Gasteiger partial charge in [0, 0.05) is 42.5 Å². The SMILES string of the molecule is Cc1ccc(CN(Cc2ccccc2)C(=O)CN(CCN2CCOCC2)S(=O)(=O)Cc2ccccc2)s1. The lowest BCUT2D eigenvalue weighted by Crippen LogP contribution is -2.47. The van der Waals surface area contributed by atoms with Crippen molar-refractivity contribution in [2.75, 3.05) is 45.9 Å². The number of rotatable bonds is 12. The lowest BCUT2D eigenvalue weighted by Gasteiger charge is -2.31. The molecule has 1 aliphatic heterocycles. The standard InChI is InChI=1S/C28H35N3O4S2/c1-24-12-13-27(36-24)21-30(20-25-8-4-2-5-9-25)28(32)22-31(15-14-29-16-18-35-19-17-29)37(33,34)23-26-10-6-3-7-11-26/h2-13H,14-23H2,1H3. The molecule has 0 saturated carbocycles. The molecule has 1 amide bonds. The molecule has 2 heterocycles. The Kier molecular flexibility index (Phi) is 9.88. The summed E-state index contributed by atoms with van der Waals surface area (Å²) in [4.78, 5) is 19.9. The summed E-state index contributed by atoms with van der Waals surface area (Å²) in [5.41, 5.74) is 1.72. The third-order valence-corrected chi connectivity index (χ3v) is 9.16. The third-order valence-electron chi connectivity index (χ3n) is 6.38. The summed E-state index contributed by atoms with van der Waals surface area (Å²) in [6, 6.07) is 23.0. The van der Waals surface area contributed by atoms with Gasteiger partial charge in [-0.15, -0.1) is 11.3 Å². The topological polar surface area (TPSA) is 70.2 Å². The average molecular weight is 542 g/mol. The van der Waals surface area contributed by atoms with Crippen LogP contribution in [0.25, 0.3) is 0 Å². The first-order valence-corrected chi connectivity index (χ1v) is 15.0. The molecule has 0 atom stereocenters. The number of aryl methyl sites for hydroxylation is 1. The van der Waals surface area contributed by atoms with Crippen molar-refractivity contribution in [2.45, 2.75) is 25.8 Å². The summed E-state index contributed by atoms with van der Waals surface area (Å²) in [6.07, 6.45) is 0. The van der Waals surface area contributed by atoms with Crippen LogP contribution in [0.2, 0.25) is 0 Å². The summed E-state index contributed by atoms with van der Waals surface area (Å²) in [5, 5.41) is 0. The smallest absolute Gasteiger partial charge is 0.238 e. The predicted octanol–water partition coefficient (Wildman–Crippen LogP) is 3.75. The first-order chi connectivity index (χ1) is 17.9. The zero-order valence-corrected chi connectivity index (χ0v) is 22.9. The maximum absolute atomic E-state index is 13.7. The van der Waals surface area contributed by atoms with E-state index >= 15 is 0 Å². The van der Waals surface area contributed by atoms with E-state index in [2.05, 4.69) is 4.90 Å². The van der Waals surface area contributed by atoms with E-state index in [0.717, 1.165) is 23.5 Å². The highest BCUT2D eigenvalue weighted by atomic mass is 32.2. The van der Waals surface area contributed by atoms with E-state index in [1.807, 2.05) is 67.6 Å². The second-order valence-electron chi connectivity index (χ2n) is 9.28. The predicted molar refractivity (Wildman–Crippen MR) is 148 cm³/mol. The van der Waals surface area contributed by atoms with Crippen LogP contribution in [0.5, 0.6) is 0 Å². The van der Waals surface area contributed by atoms with Crippen LogP contribution in [0.1, 0.15) is 20.9 Å². The van der Waals surface area contributed by atoms with Gasteiger partial charge < -0.3 is 9.64 Å². The van der Waals surface area contributed by atoms with Gasteiger partial charge in [0.2, 0.25) is 15.9 Å². The Bertz CT molecular complexity index is 1230. The van der Waals surface area contributed by atoms with Crippen LogP contribution in [0.4, 0.5) is 0 Å². The number of carbonyl (C=O) groups is 1. The van der Waals surface area contributed by atoms with Crippen molar-refractivity contribution in [2.24, 2.45) is 0 Å². The molecule has 0 spiro atoms. The van der Waals surface area contributed by atoms with Crippen LogP contribution in [0.15, 0.2) is 72.8 Å². The summed E-state index contributed by atoms with van der Waals surface area (Å²) in [7, 11) is -3.72. The first-order valence-electron chi connectivity index (χ1n) is 12.6. The molecule has 198 valence electrons. The molecule has 0 N–H and O–H groups in total. The number of ether oxygens (including phenoxy) is 1. The second kappa shape index (κ2) is 13.3. The van der Waals surface area contributed by atoms with Crippen LogP contribution in [-0.2, 0) is 38.4 Å². The van der Waals surface area contributed by atoms with E-state index in [4.69, 9.17) is 4.74 Å². The van der Waals surface area contributed by atoms with Crippen molar-refractivity contribution < 1.29 is 17.9 Å². The van der Waals surface area contributed by atoms with E-state index in [-0.39, 0.29) is 24.7 Å². The quantitative estimate of drug-likeness (QED) is 0.349. The van der Waals surface area contributed by atoms with Gasteiger partial charge in [-0.3, -0.25) is 9.69 Å². The number of morpholine rings is 1. The van der Waals surface area contributed by atoms with Crippen molar-refractivity contribution in [3.05, 3.63) is 93.7 Å². The maximum atomic E-state index is 13.7. The number of hydrogen-bond donors (Lipinski definition) is 0. The third kappa shape index (κ3) is 8.48. The minimum Gasteiger partial charge on any atom is -0.379 e. The highest BCUT2D eigenvalue weighted by molar-refractivity contribution is 7.88. The Morgan fingerprint density at radius 2 is 1.57 bits per heavy atom. The molecule has 0 unspecified atom stereocenters. The summed E-state index contributed by atoms with van der Waals surface area (Å²) in [6.45, 7) is 6.36. The van der Waals surface area contributed by atoms with E-state index in [1.54, 1.807) is 28.4 Å². The van der Waals surface area contributed by atoms with Crippen LogP contribution >= 0.6 is 11.3 Å². The van der Waals surface area contributed by atoms with Crippen LogP contribution in [0.3, 0.4) is 0 Å². The highest BCUT2D eigenvalue weighted by Crippen LogP contribution is 2.20. The zero-order valence-electron chi connectivity index (χ0n) is 21.3. The molecule has 0 bridgehead atoms. The molecule has 1 aliphatic rings. The Labute approximate surface area is 224 Å².